The second-order valence-corrected chi connectivity index (χ2v) is 36.9. The fourth-order valence-electron chi connectivity index (χ4n) is 16.8. The number of carboxylic acid groups (broad SMARTS) is 2. The van der Waals surface area contributed by atoms with Crippen molar-refractivity contribution in [3.63, 3.8) is 0 Å². The first kappa shape index (κ1) is 105. The highest BCUT2D eigenvalue weighted by atomic mass is 16.4. The van der Waals surface area contributed by atoms with Crippen molar-refractivity contribution >= 4 is 64.0 Å². The number of carbonyl (C=O) groups excluding carboxylic acids is 6. The summed E-state index contributed by atoms with van der Waals surface area (Å²) in [6.45, 7) is 35.9. The Kier molecular flexibility index (Phi) is 38.7. The SMILES string of the molecule is C=C1C=C(C)C(c2cccc([C@H](CC(=O)O)NC(=O)C(CC(C)C)n3ccccc3=O)c2)=CN1.C=C1C=CC(c2cccc([C@H](CC(=O)O)NC(=O)[C@@H](CC(C)C)n3ccccc3=O)c2)=C(C)N1C.CC(=O)C[C@H](NC(=O)[C@H](CC(C)C)n1ccc(C)cc1=O)c1cncc(N2CCCC[C@@H]2C)c1.CC(=O)C[C@H](NC(=O)[C@H](CC(C)C)n1ccccc1=O)c1cccc(-c2ccc(=O)[nH]c2)c1. The van der Waals surface area contributed by atoms with Gasteiger partial charge in [0, 0.05) is 134 Å². The van der Waals surface area contributed by atoms with Crippen LogP contribution in [0.2, 0.25) is 0 Å². The zero-order chi connectivity index (χ0) is 99.3. The van der Waals surface area contributed by atoms with Crippen LogP contribution >= 0.6 is 0 Å². The topological polar surface area (TPSA) is 377 Å². The maximum absolute atomic E-state index is 13.5. The zero-order valence-corrected chi connectivity index (χ0v) is 80.6. The van der Waals surface area contributed by atoms with Crippen LogP contribution in [0.15, 0.2) is 285 Å². The molecule has 718 valence electrons. The molecular formula is C108H131N13O15. The molecule has 1 saturated heterocycles. The minimum Gasteiger partial charge on any atom is -0.481 e. The predicted molar refractivity (Wildman–Crippen MR) is 533 cm³/mol. The Labute approximate surface area is 795 Å². The third-order valence-corrected chi connectivity index (χ3v) is 23.9. The second-order valence-electron chi connectivity index (χ2n) is 36.9. The Morgan fingerprint density at radius 3 is 1.32 bits per heavy atom. The summed E-state index contributed by atoms with van der Waals surface area (Å²) in [5.41, 5.74) is 12.8. The van der Waals surface area contributed by atoms with Crippen molar-refractivity contribution in [2.24, 2.45) is 23.7 Å². The molecule has 0 bridgehead atoms. The van der Waals surface area contributed by atoms with E-state index in [4.69, 9.17) is 0 Å². The van der Waals surface area contributed by atoms with Gasteiger partial charge in [-0.25, -0.2) is 0 Å². The smallest absolute Gasteiger partial charge is 0.305 e. The van der Waals surface area contributed by atoms with Gasteiger partial charge in [0.2, 0.25) is 29.2 Å². The Morgan fingerprint density at radius 2 is 0.904 bits per heavy atom. The number of likely N-dealkylation sites (N-methyl/N-ethyl adjacent to an activating group) is 1. The van der Waals surface area contributed by atoms with Crippen LogP contribution in [-0.4, -0.2) is 110 Å². The minimum atomic E-state index is -1.03. The van der Waals surface area contributed by atoms with Crippen molar-refractivity contribution in [2.75, 3.05) is 18.5 Å². The lowest BCUT2D eigenvalue weighted by atomic mass is 9.93. The van der Waals surface area contributed by atoms with Crippen LogP contribution in [0.3, 0.4) is 0 Å². The van der Waals surface area contributed by atoms with Gasteiger partial charge in [-0.1, -0.05) is 147 Å². The second kappa shape index (κ2) is 50.1. The number of piperidine rings is 1. The molecule has 9 aromatic rings. The van der Waals surface area contributed by atoms with Gasteiger partial charge in [-0.15, -0.1) is 0 Å². The van der Waals surface area contributed by atoms with Crippen LogP contribution < -0.4 is 59.3 Å². The van der Waals surface area contributed by atoms with Crippen LogP contribution in [0.25, 0.3) is 22.3 Å². The third kappa shape index (κ3) is 30.5. The van der Waals surface area contributed by atoms with Crippen molar-refractivity contribution in [1.29, 1.82) is 0 Å². The first-order valence-electron chi connectivity index (χ1n) is 46.3. The maximum atomic E-state index is 13.5. The lowest BCUT2D eigenvalue weighted by Crippen LogP contribution is -2.40. The molecular weight excluding hydrogens is 1720 g/mol. The van der Waals surface area contributed by atoms with Gasteiger partial charge in [-0.05, 0) is 233 Å². The normalized spacial score (nSPS) is 15.3. The van der Waals surface area contributed by atoms with E-state index in [1.807, 2.05) is 198 Å². The Bertz CT molecular complexity index is 6220. The van der Waals surface area contributed by atoms with Gasteiger partial charge in [-0.3, -0.25) is 67.3 Å². The summed E-state index contributed by atoms with van der Waals surface area (Å²) in [6.07, 6.45) is 24.5. The largest absolute Gasteiger partial charge is 0.481 e. The standard InChI is InChI=1S/C28H33N3O4.C27H38N4O3.C27H31N3O4.C26H29N3O4/c1-18(2)15-25(31-14-7-6-11-26(31)32)28(35)29-24(17-27(33)34)22-10-8-9-21(16-22)23-13-12-19(3)30(5)20(23)4;1-18(2)12-25(31-11-9-19(3)13-26(31)33)27(34)29-24(14-21(5)32)22-15-23(17-28-16-22)30-10-7-6-8-20(30)4;1-17(2)12-24(30-11-6-5-10-25(30)31)27(34)29-23(15-26(32)33)21-9-7-8-20(14-21)22-16-28-19(4)13-18(22)3;1-17(2)13-23(29-12-5-4-9-25(29)32)26(33)28-22(14-18(3)30)20-8-6-7-19(15-20)21-10-11-24(31)27-16-21/h6-14,16,18,24-25H,3,15,17H2,1-2,4-5H3,(H,29,35)(H,33,34);9,11,13,15-18,20,24-25H,6-8,10,12,14H2,1-5H3,(H,29,34);5-11,13-14,16-17,23-24,28H,4,12,15H2,1-3H3,(H,29,34)(H,32,33);4-12,15-17,22-23H,13-14H2,1-3H3,(H,27,31)(H,28,33)/t24-,25+;20-,24-,25-;23-,24?;22-,23-/m0000/s1. The number of hydrogen-bond donors (Lipinski definition) is 8. The van der Waals surface area contributed by atoms with E-state index in [1.54, 1.807) is 91.8 Å². The summed E-state index contributed by atoms with van der Waals surface area (Å²) in [6, 6.07) is 40.4. The van der Waals surface area contributed by atoms with E-state index < -0.39 is 60.3 Å². The van der Waals surface area contributed by atoms with Crippen molar-refractivity contribution in [2.45, 2.75) is 222 Å². The number of aromatic nitrogens is 6. The van der Waals surface area contributed by atoms with Gasteiger partial charge in [0.15, 0.2) is 0 Å². The molecule has 28 heteroatoms. The number of rotatable bonds is 36. The number of ketones is 2. The fourth-order valence-corrected chi connectivity index (χ4v) is 16.8. The number of benzene rings is 3. The molecule has 0 aliphatic carbocycles. The Balaban J connectivity index is 0.000000203. The number of amides is 4. The average Bonchev–Trinajstić information content (AvgIpc) is 0.893. The molecule has 28 nitrogen and oxygen atoms in total. The predicted octanol–water partition coefficient (Wildman–Crippen LogP) is 16.7. The lowest BCUT2D eigenvalue weighted by molar-refractivity contribution is -0.139. The van der Waals surface area contributed by atoms with E-state index in [0.717, 1.165) is 97.8 Å². The number of H-pyrrole nitrogens is 1. The van der Waals surface area contributed by atoms with Gasteiger partial charge in [0.25, 0.3) is 22.2 Å². The summed E-state index contributed by atoms with van der Waals surface area (Å²) >= 11 is 0. The third-order valence-electron chi connectivity index (χ3n) is 23.9. The lowest BCUT2D eigenvalue weighted by Gasteiger charge is -2.35. The van der Waals surface area contributed by atoms with Crippen LogP contribution in [0.4, 0.5) is 5.69 Å². The summed E-state index contributed by atoms with van der Waals surface area (Å²) in [4.78, 5) is 174. The fraction of sp³-hybridized carbons (Fsp3) is 0.370. The molecule has 9 atom stereocenters. The molecule has 3 aliphatic rings. The number of aromatic amines is 1. The molecule has 0 spiro atoms. The number of allylic oxidation sites excluding steroid dienone is 7. The molecule has 4 amide bonds. The van der Waals surface area contributed by atoms with E-state index in [-0.39, 0.29) is 112 Å². The number of Topliss-reactive ketones (excluding diaryl/α,β-unsaturated/α-hetero) is 2. The minimum absolute atomic E-state index is 0.0186. The summed E-state index contributed by atoms with van der Waals surface area (Å²) in [7, 11) is 1.94. The van der Waals surface area contributed by atoms with Gasteiger partial charge >= 0.3 is 11.9 Å². The zero-order valence-electron chi connectivity index (χ0n) is 80.6. The first-order valence-corrected chi connectivity index (χ1v) is 46.3. The molecule has 136 heavy (non-hydrogen) atoms. The molecule has 1 unspecified atom stereocenters. The van der Waals surface area contributed by atoms with Crippen molar-refractivity contribution < 1.29 is 48.6 Å². The number of aryl methyl sites for hydroxylation is 1. The number of pyridine rings is 6. The number of carboxylic acids is 2. The van der Waals surface area contributed by atoms with Gasteiger partial charge in [0.05, 0.1) is 48.9 Å². The number of hydrogen-bond acceptors (Lipinski definition) is 17. The quantitative estimate of drug-likeness (QED) is 0.0181. The number of dihydropyridines is 1. The van der Waals surface area contributed by atoms with E-state index in [9.17, 15) is 72.5 Å². The van der Waals surface area contributed by atoms with Gasteiger partial charge in [0.1, 0.15) is 35.7 Å². The molecule has 3 aromatic carbocycles. The molecule has 8 N–H and O–H groups in total. The molecule has 6 aromatic heterocycles. The van der Waals surface area contributed by atoms with E-state index in [2.05, 4.69) is 61.5 Å². The Morgan fingerprint density at radius 1 is 0.471 bits per heavy atom. The van der Waals surface area contributed by atoms with E-state index in [1.165, 1.54) is 62.8 Å². The molecule has 0 saturated carbocycles. The number of nitrogens with zero attached hydrogens (tertiary/aromatic N) is 7. The van der Waals surface area contributed by atoms with E-state index >= 15 is 0 Å². The highest BCUT2D eigenvalue weighted by Gasteiger charge is 2.33. The number of anilines is 1. The van der Waals surface area contributed by atoms with E-state index in [0.29, 0.717) is 42.9 Å². The van der Waals surface area contributed by atoms with Crippen molar-refractivity contribution in [1.82, 2.24) is 59.7 Å². The number of nitrogens with one attached hydrogen (secondary N) is 6. The summed E-state index contributed by atoms with van der Waals surface area (Å²) in [5.74, 6) is -2.78. The van der Waals surface area contributed by atoms with Crippen LogP contribution in [0, 0.1) is 30.6 Å². The van der Waals surface area contributed by atoms with Crippen molar-refractivity contribution in [3.05, 3.63) is 352 Å². The maximum Gasteiger partial charge on any atom is 0.305 e. The first-order chi connectivity index (χ1) is 64.6. The highest BCUT2D eigenvalue weighted by Crippen LogP contribution is 2.36. The molecule has 1 fully saturated rings. The van der Waals surface area contributed by atoms with Crippen LogP contribution in [0.1, 0.15) is 248 Å². The Hall–Kier alpha value is -14.4. The van der Waals surface area contributed by atoms with Crippen molar-refractivity contribution in [3.8, 4) is 11.1 Å². The molecule has 3 aliphatic heterocycles. The molecule has 0 radical (unpaired) electrons. The number of aliphatic carboxylic acids is 2. The summed E-state index contributed by atoms with van der Waals surface area (Å²) < 4.78 is 5.75. The average molecular weight is 1850 g/mol. The molecule has 12 rings (SSSR count). The van der Waals surface area contributed by atoms with Gasteiger partial charge < -0.3 is 69.8 Å². The summed E-state index contributed by atoms with van der Waals surface area (Å²) in [5, 5.41) is 34.1. The van der Waals surface area contributed by atoms with Gasteiger partial charge in [-0.2, -0.15) is 0 Å². The monoisotopic (exact) mass is 1850 g/mol. The van der Waals surface area contributed by atoms with Crippen LogP contribution in [-0.2, 0) is 38.4 Å². The number of carbonyl (C=O) groups is 8. The van der Waals surface area contributed by atoms with Crippen LogP contribution in [0.5, 0.6) is 0 Å². The highest BCUT2D eigenvalue weighted by molar-refractivity contribution is 5.86. The molecule has 9 heterocycles.